The van der Waals surface area contributed by atoms with Crippen molar-refractivity contribution in [2.75, 3.05) is 57.7 Å². The van der Waals surface area contributed by atoms with Gasteiger partial charge in [0.05, 0.1) is 38.5 Å². The van der Waals surface area contributed by atoms with Gasteiger partial charge in [0.2, 0.25) is 0 Å². The SMILES string of the molecule is CCOCCOCCOC(=O)CN1C(=O)COc2ccc(C(=O)CCC(=O)OCC)cc21. The van der Waals surface area contributed by atoms with E-state index in [1.807, 2.05) is 6.92 Å². The number of ether oxygens (including phenoxy) is 5. The Hall–Kier alpha value is -2.98. The highest BCUT2D eigenvalue weighted by molar-refractivity contribution is 6.04. The summed E-state index contributed by atoms with van der Waals surface area (Å²) in [5.41, 5.74) is 0.598. The van der Waals surface area contributed by atoms with Gasteiger partial charge in [-0.1, -0.05) is 0 Å². The molecule has 0 bridgehead atoms. The van der Waals surface area contributed by atoms with Crippen LogP contribution in [0.1, 0.15) is 37.0 Å². The van der Waals surface area contributed by atoms with E-state index in [4.69, 9.17) is 23.7 Å². The highest BCUT2D eigenvalue weighted by Gasteiger charge is 2.29. The van der Waals surface area contributed by atoms with Crippen LogP contribution >= 0.6 is 0 Å². The van der Waals surface area contributed by atoms with Crippen molar-refractivity contribution >= 4 is 29.3 Å². The quantitative estimate of drug-likeness (QED) is 0.236. The van der Waals surface area contributed by atoms with E-state index in [1.165, 1.54) is 11.0 Å². The highest BCUT2D eigenvalue weighted by Crippen LogP contribution is 2.33. The summed E-state index contributed by atoms with van der Waals surface area (Å²) in [6.07, 6.45) is -0.0698. The van der Waals surface area contributed by atoms with Crippen molar-refractivity contribution in [2.24, 2.45) is 0 Å². The van der Waals surface area contributed by atoms with Crippen LogP contribution in [0.15, 0.2) is 18.2 Å². The third kappa shape index (κ3) is 7.93. The molecule has 0 unspecified atom stereocenters. The summed E-state index contributed by atoms with van der Waals surface area (Å²) in [6, 6.07) is 4.59. The summed E-state index contributed by atoms with van der Waals surface area (Å²) in [4.78, 5) is 49.7. The number of carbonyl (C=O) groups is 4. The van der Waals surface area contributed by atoms with Gasteiger partial charge in [-0.2, -0.15) is 0 Å². The maximum Gasteiger partial charge on any atom is 0.326 e. The number of esters is 2. The van der Waals surface area contributed by atoms with Crippen molar-refractivity contribution in [3.63, 3.8) is 0 Å². The van der Waals surface area contributed by atoms with Crippen LogP contribution < -0.4 is 9.64 Å². The molecule has 1 aliphatic rings. The van der Waals surface area contributed by atoms with E-state index >= 15 is 0 Å². The predicted molar refractivity (Wildman–Crippen MR) is 113 cm³/mol. The minimum atomic E-state index is -0.612. The van der Waals surface area contributed by atoms with E-state index in [1.54, 1.807) is 19.1 Å². The van der Waals surface area contributed by atoms with Gasteiger partial charge in [0.25, 0.3) is 5.91 Å². The van der Waals surface area contributed by atoms with Crippen LogP contribution in [0.2, 0.25) is 0 Å². The van der Waals surface area contributed by atoms with Crippen molar-refractivity contribution < 1.29 is 42.9 Å². The van der Waals surface area contributed by atoms with Gasteiger partial charge in [0.1, 0.15) is 18.9 Å². The van der Waals surface area contributed by atoms with Gasteiger partial charge in [-0.25, -0.2) is 0 Å². The molecular weight excluding hydrogens is 422 g/mol. The molecule has 0 aliphatic carbocycles. The Morgan fingerprint density at radius 3 is 2.44 bits per heavy atom. The molecule has 0 radical (unpaired) electrons. The molecule has 10 nitrogen and oxygen atoms in total. The van der Waals surface area contributed by atoms with Gasteiger partial charge in [0, 0.05) is 18.6 Å². The first kappa shape index (κ1) is 25.3. The number of hydrogen-bond acceptors (Lipinski definition) is 9. The number of benzene rings is 1. The Morgan fingerprint density at radius 2 is 1.69 bits per heavy atom. The average Bonchev–Trinajstić information content (AvgIpc) is 2.78. The number of anilines is 1. The molecule has 32 heavy (non-hydrogen) atoms. The zero-order valence-electron chi connectivity index (χ0n) is 18.4. The first-order valence-electron chi connectivity index (χ1n) is 10.5. The van der Waals surface area contributed by atoms with Crippen molar-refractivity contribution in [2.45, 2.75) is 26.7 Å². The van der Waals surface area contributed by atoms with E-state index in [9.17, 15) is 19.2 Å². The van der Waals surface area contributed by atoms with E-state index in [-0.39, 0.29) is 51.6 Å². The topological polar surface area (TPSA) is 118 Å². The molecule has 0 atom stereocenters. The fourth-order valence-corrected chi connectivity index (χ4v) is 2.90. The standard InChI is InChI=1S/C22H29NO9/c1-3-28-9-10-29-11-12-31-22(27)14-23-17-13-16(5-7-19(17)32-15-20(23)25)18(24)6-8-21(26)30-4-2/h5,7,13H,3-4,6,8-12,14-15H2,1-2H3. The molecule has 2 rings (SSSR count). The smallest absolute Gasteiger partial charge is 0.326 e. The lowest BCUT2D eigenvalue weighted by molar-refractivity contribution is -0.145. The first-order chi connectivity index (χ1) is 15.5. The number of rotatable bonds is 14. The van der Waals surface area contributed by atoms with Crippen LogP contribution in [0, 0.1) is 0 Å². The predicted octanol–water partition coefficient (Wildman–Crippen LogP) is 1.53. The van der Waals surface area contributed by atoms with Gasteiger partial charge in [-0.3, -0.25) is 24.1 Å². The van der Waals surface area contributed by atoms with Crippen LogP contribution in [0.4, 0.5) is 5.69 Å². The average molecular weight is 451 g/mol. The Morgan fingerprint density at radius 1 is 0.938 bits per heavy atom. The lowest BCUT2D eigenvalue weighted by Crippen LogP contribution is -2.42. The monoisotopic (exact) mass is 451 g/mol. The molecule has 0 saturated heterocycles. The normalized spacial score (nSPS) is 12.7. The van der Waals surface area contributed by atoms with Crippen molar-refractivity contribution in [3.8, 4) is 5.75 Å². The van der Waals surface area contributed by atoms with Crippen LogP contribution in [-0.2, 0) is 33.3 Å². The maximum atomic E-state index is 12.5. The Bertz CT molecular complexity index is 809. The second-order valence-electron chi connectivity index (χ2n) is 6.71. The van der Waals surface area contributed by atoms with Gasteiger partial charge in [-0.15, -0.1) is 0 Å². The molecule has 0 spiro atoms. The molecule has 1 heterocycles. The largest absolute Gasteiger partial charge is 0.482 e. The highest BCUT2D eigenvalue weighted by atomic mass is 16.6. The summed E-state index contributed by atoms with van der Waals surface area (Å²) in [7, 11) is 0. The number of Topliss-reactive ketones (excluding diaryl/α,β-unsaturated/α-hetero) is 1. The van der Waals surface area contributed by atoms with Crippen LogP contribution in [-0.4, -0.2) is 76.4 Å². The number of hydrogen-bond donors (Lipinski definition) is 0. The summed E-state index contributed by atoms with van der Waals surface area (Å²) >= 11 is 0. The number of fused-ring (bicyclic) bond motifs is 1. The summed E-state index contributed by atoms with van der Waals surface area (Å²) in [5, 5.41) is 0. The molecule has 0 N–H and O–H groups in total. The van der Waals surface area contributed by atoms with Crippen LogP contribution in [0.25, 0.3) is 0 Å². The molecular formula is C22H29NO9. The summed E-state index contributed by atoms with van der Waals surface area (Å²) in [5.74, 6) is -1.41. The minimum Gasteiger partial charge on any atom is -0.482 e. The second-order valence-corrected chi connectivity index (χ2v) is 6.71. The third-order valence-electron chi connectivity index (χ3n) is 4.44. The molecule has 0 saturated carbocycles. The third-order valence-corrected chi connectivity index (χ3v) is 4.44. The van der Waals surface area contributed by atoms with Gasteiger partial charge < -0.3 is 23.7 Å². The molecule has 10 heteroatoms. The Balaban J connectivity index is 1.93. The van der Waals surface area contributed by atoms with E-state index in [2.05, 4.69) is 0 Å². The lowest BCUT2D eigenvalue weighted by Gasteiger charge is -2.29. The molecule has 1 amide bonds. The van der Waals surface area contributed by atoms with Gasteiger partial charge >= 0.3 is 11.9 Å². The molecule has 1 aromatic rings. The molecule has 1 aromatic carbocycles. The van der Waals surface area contributed by atoms with E-state index in [0.29, 0.717) is 36.8 Å². The number of carbonyl (C=O) groups excluding carboxylic acids is 4. The van der Waals surface area contributed by atoms with Gasteiger partial charge in [0.15, 0.2) is 12.4 Å². The van der Waals surface area contributed by atoms with Crippen molar-refractivity contribution in [1.82, 2.24) is 0 Å². The fourth-order valence-electron chi connectivity index (χ4n) is 2.90. The van der Waals surface area contributed by atoms with Crippen molar-refractivity contribution in [3.05, 3.63) is 23.8 Å². The second kappa shape index (κ2) is 13.4. The fraction of sp³-hybridized carbons (Fsp3) is 0.545. The lowest BCUT2D eigenvalue weighted by atomic mass is 10.0. The van der Waals surface area contributed by atoms with E-state index in [0.717, 1.165) is 0 Å². The zero-order valence-corrected chi connectivity index (χ0v) is 18.4. The first-order valence-corrected chi connectivity index (χ1v) is 10.5. The number of ketones is 1. The Labute approximate surface area is 186 Å². The maximum absolute atomic E-state index is 12.5. The number of amides is 1. The molecule has 1 aliphatic heterocycles. The summed E-state index contributed by atoms with van der Waals surface area (Å²) < 4.78 is 25.8. The van der Waals surface area contributed by atoms with Crippen LogP contribution in [0.3, 0.4) is 0 Å². The molecule has 0 fully saturated rings. The zero-order chi connectivity index (χ0) is 23.3. The molecule has 176 valence electrons. The van der Waals surface area contributed by atoms with E-state index < -0.39 is 17.8 Å². The van der Waals surface area contributed by atoms with Crippen LogP contribution in [0.5, 0.6) is 5.75 Å². The summed E-state index contributed by atoms with van der Waals surface area (Å²) in [6.45, 7) is 4.99. The number of nitrogens with zero attached hydrogens (tertiary/aromatic N) is 1. The Kier molecular flexibility index (Phi) is 10.6. The van der Waals surface area contributed by atoms with Gasteiger partial charge in [-0.05, 0) is 32.0 Å². The minimum absolute atomic E-state index is 0.0300. The van der Waals surface area contributed by atoms with Crippen molar-refractivity contribution in [1.29, 1.82) is 0 Å². The molecule has 0 aromatic heterocycles.